The van der Waals surface area contributed by atoms with Crippen LogP contribution in [-0.4, -0.2) is 67.9 Å². The molecule has 0 radical (unpaired) electrons. The number of aryl methyl sites for hydroxylation is 2. The number of nitrogens with zero attached hydrogens (tertiary/aromatic N) is 2. The van der Waals surface area contributed by atoms with Crippen LogP contribution in [0.2, 0.25) is 0 Å². The van der Waals surface area contributed by atoms with Gasteiger partial charge in [-0.2, -0.15) is 0 Å². The van der Waals surface area contributed by atoms with Gasteiger partial charge in [0.1, 0.15) is 0 Å². The third kappa shape index (κ3) is 3.21. The van der Waals surface area contributed by atoms with Gasteiger partial charge in [-0.15, -0.1) is 11.3 Å². The third-order valence-electron chi connectivity index (χ3n) is 4.60. The second-order valence-electron chi connectivity index (χ2n) is 6.21. The predicted molar refractivity (Wildman–Crippen MR) is 88.3 cm³/mol. The van der Waals surface area contributed by atoms with E-state index in [4.69, 9.17) is 0 Å². The Morgan fingerprint density at radius 1 is 1.23 bits per heavy atom. The Labute approximate surface area is 135 Å². The van der Waals surface area contributed by atoms with Gasteiger partial charge in [0.05, 0.1) is 17.1 Å². The van der Waals surface area contributed by atoms with E-state index in [0.717, 1.165) is 34.8 Å². The maximum atomic E-state index is 12.6. The summed E-state index contributed by atoms with van der Waals surface area (Å²) in [5.41, 5.74) is 0.819. The van der Waals surface area contributed by atoms with Crippen LogP contribution in [0.4, 0.5) is 0 Å². The van der Waals surface area contributed by atoms with Gasteiger partial charge in [0.2, 0.25) is 0 Å². The van der Waals surface area contributed by atoms with Gasteiger partial charge in [-0.3, -0.25) is 9.69 Å². The highest BCUT2D eigenvalue weighted by Crippen LogP contribution is 2.24. The molecule has 2 aliphatic rings. The zero-order valence-electron chi connectivity index (χ0n) is 13.0. The SMILES string of the molecule is Cc1cc(C(=O)N2CCN(C3CCS(=O)(=O)C3)CC2)c(C)s1. The molecule has 0 bridgehead atoms. The second-order valence-corrected chi connectivity index (χ2v) is 9.90. The lowest BCUT2D eigenvalue weighted by molar-refractivity contribution is 0.0587. The van der Waals surface area contributed by atoms with E-state index in [0.29, 0.717) is 18.8 Å². The number of piperazine rings is 1. The molecule has 122 valence electrons. The zero-order valence-corrected chi connectivity index (χ0v) is 14.7. The van der Waals surface area contributed by atoms with Crippen molar-refractivity contribution in [3.8, 4) is 0 Å². The van der Waals surface area contributed by atoms with Crippen molar-refractivity contribution in [2.45, 2.75) is 26.3 Å². The summed E-state index contributed by atoms with van der Waals surface area (Å²) in [5.74, 6) is 0.703. The van der Waals surface area contributed by atoms with Crippen LogP contribution in [0.25, 0.3) is 0 Å². The minimum absolute atomic E-state index is 0.112. The number of carbonyl (C=O) groups is 1. The van der Waals surface area contributed by atoms with Crippen molar-refractivity contribution in [1.82, 2.24) is 9.80 Å². The first-order chi connectivity index (χ1) is 10.4. The van der Waals surface area contributed by atoms with Crippen molar-refractivity contribution in [3.05, 3.63) is 21.4 Å². The minimum atomic E-state index is -2.84. The standard InChI is InChI=1S/C15H22N2O3S2/c1-11-9-14(12(2)21-11)15(18)17-6-4-16(5-7-17)13-3-8-22(19,20)10-13/h9,13H,3-8,10H2,1-2H3. The van der Waals surface area contributed by atoms with E-state index in [9.17, 15) is 13.2 Å². The van der Waals surface area contributed by atoms with Crippen molar-refractivity contribution < 1.29 is 13.2 Å². The summed E-state index contributed by atoms with van der Waals surface area (Å²) in [6, 6.07) is 2.12. The van der Waals surface area contributed by atoms with Crippen LogP contribution in [0, 0.1) is 13.8 Å². The molecule has 2 saturated heterocycles. The van der Waals surface area contributed by atoms with Crippen LogP contribution in [0.3, 0.4) is 0 Å². The van der Waals surface area contributed by atoms with E-state index in [1.165, 1.54) is 0 Å². The summed E-state index contributed by atoms with van der Waals surface area (Å²) in [6.07, 6.45) is 0.735. The molecule has 5 nitrogen and oxygen atoms in total. The molecule has 1 aromatic heterocycles. The Morgan fingerprint density at radius 2 is 1.91 bits per heavy atom. The Bertz CT molecular complexity index is 673. The van der Waals surface area contributed by atoms with Crippen molar-refractivity contribution in [3.63, 3.8) is 0 Å². The first-order valence-electron chi connectivity index (χ1n) is 7.66. The fourth-order valence-corrected chi connectivity index (χ4v) is 6.04. The monoisotopic (exact) mass is 342 g/mol. The van der Waals surface area contributed by atoms with E-state index in [1.807, 2.05) is 24.8 Å². The molecule has 22 heavy (non-hydrogen) atoms. The van der Waals surface area contributed by atoms with Gasteiger partial charge in [-0.25, -0.2) is 8.42 Å². The van der Waals surface area contributed by atoms with Gasteiger partial charge in [0.25, 0.3) is 5.91 Å². The lowest BCUT2D eigenvalue weighted by Gasteiger charge is -2.37. The average Bonchev–Trinajstić information content (AvgIpc) is 3.00. The maximum Gasteiger partial charge on any atom is 0.255 e. The summed E-state index contributed by atoms with van der Waals surface area (Å²) in [4.78, 5) is 19.0. The Balaban J connectivity index is 1.60. The van der Waals surface area contributed by atoms with Crippen molar-refractivity contribution in [2.75, 3.05) is 37.7 Å². The molecule has 0 N–H and O–H groups in total. The number of amides is 1. The van der Waals surface area contributed by atoms with Crippen LogP contribution >= 0.6 is 11.3 Å². The highest BCUT2D eigenvalue weighted by atomic mass is 32.2. The molecule has 0 spiro atoms. The molecule has 0 saturated carbocycles. The van der Waals surface area contributed by atoms with E-state index in [-0.39, 0.29) is 17.7 Å². The first-order valence-corrected chi connectivity index (χ1v) is 10.3. The van der Waals surface area contributed by atoms with Gasteiger partial charge in [0.15, 0.2) is 9.84 Å². The summed E-state index contributed by atoms with van der Waals surface area (Å²) in [5, 5.41) is 0. The second kappa shape index (κ2) is 5.94. The fraction of sp³-hybridized carbons (Fsp3) is 0.667. The first kappa shape index (κ1) is 16.0. The lowest BCUT2D eigenvalue weighted by Crippen LogP contribution is -2.52. The molecule has 1 unspecified atom stereocenters. The maximum absolute atomic E-state index is 12.6. The molecule has 7 heteroatoms. The molecular formula is C15H22N2O3S2. The van der Waals surface area contributed by atoms with Crippen molar-refractivity contribution in [2.24, 2.45) is 0 Å². The van der Waals surface area contributed by atoms with Gasteiger partial charge in [-0.05, 0) is 26.3 Å². The van der Waals surface area contributed by atoms with Crippen LogP contribution in [0.15, 0.2) is 6.07 Å². The smallest absolute Gasteiger partial charge is 0.255 e. The number of rotatable bonds is 2. The Hall–Kier alpha value is -0.920. The van der Waals surface area contributed by atoms with E-state index in [2.05, 4.69) is 4.90 Å². The van der Waals surface area contributed by atoms with Crippen molar-refractivity contribution in [1.29, 1.82) is 0 Å². The van der Waals surface area contributed by atoms with Gasteiger partial charge < -0.3 is 4.90 Å². The average molecular weight is 342 g/mol. The van der Waals surface area contributed by atoms with Crippen LogP contribution in [0.5, 0.6) is 0 Å². The summed E-state index contributed by atoms with van der Waals surface area (Å²) in [7, 11) is -2.84. The topological polar surface area (TPSA) is 57.7 Å². The molecule has 1 atom stereocenters. The van der Waals surface area contributed by atoms with Crippen LogP contribution in [0.1, 0.15) is 26.5 Å². The molecule has 0 aliphatic carbocycles. The highest BCUT2D eigenvalue weighted by Gasteiger charge is 2.34. The van der Waals surface area contributed by atoms with Crippen molar-refractivity contribution >= 4 is 27.1 Å². The summed E-state index contributed by atoms with van der Waals surface area (Å²) >= 11 is 1.66. The van der Waals surface area contributed by atoms with E-state index in [1.54, 1.807) is 11.3 Å². The number of carbonyl (C=O) groups excluding carboxylic acids is 1. The Morgan fingerprint density at radius 3 is 2.41 bits per heavy atom. The molecule has 3 rings (SSSR count). The van der Waals surface area contributed by atoms with E-state index < -0.39 is 9.84 Å². The van der Waals surface area contributed by atoms with Gasteiger partial charge in [0, 0.05) is 42.0 Å². The molecule has 2 aliphatic heterocycles. The van der Waals surface area contributed by atoms with E-state index >= 15 is 0 Å². The predicted octanol–water partition coefficient (Wildman–Crippen LogP) is 1.31. The van der Waals surface area contributed by atoms with Crippen LogP contribution in [-0.2, 0) is 9.84 Å². The third-order valence-corrected chi connectivity index (χ3v) is 7.31. The number of hydrogen-bond donors (Lipinski definition) is 0. The molecule has 3 heterocycles. The van der Waals surface area contributed by atoms with Crippen LogP contribution < -0.4 is 0 Å². The van der Waals surface area contributed by atoms with Gasteiger partial charge >= 0.3 is 0 Å². The fourth-order valence-electron chi connectivity index (χ4n) is 3.37. The normalized spacial score (nSPS) is 25.5. The number of sulfone groups is 1. The minimum Gasteiger partial charge on any atom is -0.336 e. The highest BCUT2D eigenvalue weighted by molar-refractivity contribution is 7.91. The number of hydrogen-bond acceptors (Lipinski definition) is 5. The largest absolute Gasteiger partial charge is 0.336 e. The lowest BCUT2D eigenvalue weighted by atomic mass is 10.1. The quantitative estimate of drug-likeness (QED) is 0.813. The number of thiophene rings is 1. The summed E-state index contributed by atoms with van der Waals surface area (Å²) < 4.78 is 23.2. The summed E-state index contributed by atoms with van der Waals surface area (Å²) in [6.45, 7) is 6.92. The molecule has 1 amide bonds. The molecule has 0 aromatic carbocycles. The molecular weight excluding hydrogens is 320 g/mol. The zero-order chi connectivity index (χ0) is 15.9. The Kier molecular flexibility index (Phi) is 4.31. The van der Waals surface area contributed by atoms with Gasteiger partial charge in [-0.1, -0.05) is 0 Å². The molecule has 2 fully saturated rings. The molecule has 1 aromatic rings.